The fourth-order valence-corrected chi connectivity index (χ4v) is 2.50. The predicted octanol–water partition coefficient (Wildman–Crippen LogP) is 2.73. The lowest BCUT2D eigenvalue weighted by Gasteiger charge is -2.33. The number of fused-ring (bicyclic) bond motifs is 1. The highest BCUT2D eigenvalue weighted by Gasteiger charge is 2.46. The van der Waals surface area contributed by atoms with Crippen molar-refractivity contribution in [1.82, 2.24) is 4.90 Å². The van der Waals surface area contributed by atoms with Crippen LogP contribution in [0.15, 0.2) is 12.7 Å². The van der Waals surface area contributed by atoms with E-state index < -0.39 is 5.60 Å². The van der Waals surface area contributed by atoms with E-state index in [0.717, 1.165) is 19.3 Å². The van der Waals surface area contributed by atoms with Gasteiger partial charge in [0.2, 0.25) is 0 Å². The van der Waals surface area contributed by atoms with E-state index in [1.165, 1.54) is 0 Å². The first-order valence-corrected chi connectivity index (χ1v) is 6.66. The van der Waals surface area contributed by atoms with Crippen molar-refractivity contribution in [2.24, 2.45) is 0 Å². The topological polar surface area (TPSA) is 42.1 Å². The van der Waals surface area contributed by atoms with Crippen LogP contribution in [-0.4, -0.2) is 41.4 Å². The zero-order chi connectivity index (χ0) is 13.3. The molecule has 102 valence electrons. The Morgan fingerprint density at radius 3 is 2.72 bits per heavy atom. The minimum atomic E-state index is -0.455. The molecule has 0 bridgehead atoms. The number of amides is 1. The molecule has 1 aliphatic carbocycles. The average molecular weight is 253 g/mol. The summed E-state index contributed by atoms with van der Waals surface area (Å²) in [6, 6.07) is 0.224. The van der Waals surface area contributed by atoms with Crippen molar-refractivity contribution in [2.45, 2.75) is 63.9 Å². The summed E-state index contributed by atoms with van der Waals surface area (Å²) in [6.45, 7) is 9.92. The molecule has 0 spiro atoms. The summed E-state index contributed by atoms with van der Waals surface area (Å²) in [4.78, 5) is 14.0. The number of epoxide rings is 1. The fraction of sp³-hybridized carbons (Fsp3) is 0.786. The van der Waals surface area contributed by atoms with E-state index in [4.69, 9.17) is 9.47 Å². The Balaban J connectivity index is 1.97. The molecule has 0 radical (unpaired) electrons. The summed E-state index contributed by atoms with van der Waals surface area (Å²) in [5, 5.41) is 0. The van der Waals surface area contributed by atoms with Crippen molar-refractivity contribution in [3.8, 4) is 0 Å². The highest BCUT2D eigenvalue weighted by Crippen LogP contribution is 2.38. The smallest absolute Gasteiger partial charge is 0.410 e. The first-order valence-electron chi connectivity index (χ1n) is 6.66. The summed E-state index contributed by atoms with van der Waals surface area (Å²) in [7, 11) is 0. The van der Waals surface area contributed by atoms with Crippen molar-refractivity contribution in [1.29, 1.82) is 0 Å². The molecule has 4 nitrogen and oxygen atoms in total. The number of hydrogen-bond donors (Lipinski definition) is 0. The van der Waals surface area contributed by atoms with Crippen molar-refractivity contribution in [2.75, 3.05) is 6.54 Å². The third kappa shape index (κ3) is 3.25. The molecular weight excluding hydrogens is 230 g/mol. The van der Waals surface area contributed by atoms with E-state index in [-0.39, 0.29) is 12.1 Å². The molecule has 18 heavy (non-hydrogen) atoms. The second-order valence-electron chi connectivity index (χ2n) is 6.10. The van der Waals surface area contributed by atoms with Crippen LogP contribution in [-0.2, 0) is 9.47 Å². The Morgan fingerprint density at radius 2 is 2.17 bits per heavy atom. The van der Waals surface area contributed by atoms with Gasteiger partial charge in [0.25, 0.3) is 0 Å². The first kappa shape index (κ1) is 13.4. The van der Waals surface area contributed by atoms with Gasteiger partial charge >= 0.3 is 6.09 Å². The molecule has 2 rings (SSSR count). The molecule has 2 aliphatic rings. The van der Waals surface area contributed by atoms with Crippen LogP contribution in [0.2, 0.25) is 0 Å². The van der Waals surface area contributed by atoms with Gasteiger partial charge in [-0.1, -0.05) is 6.08 Å². The third-order valence-electron chi connectivity index (χ3n) is 3.37. The molecular formula is C14H23NO3. The van der Waals surface area contributed by atoms with E-state index >= 15 is 0 Å². The monoisotopic (exact) mass is 253 g/mol. The van der Waals surface area contributed by atoms with Crippen molar-refractivity contribution in [3.63, 3.8) is 0 Å². The molecule has 0 aromatic heterocycles. The molecule has 4 heteroatoms. The molecule has 3 atom stereocenters. The van der Waals surface area contributed by atoms with Gasteiger partial charge in [0.05, 0.1) is 12.2 Å². The van der Waals surface area contributed by atoms with Gasteiger partial charge in [-0.3, -0.25) is 0 Å². The van der Waals surface area contributed by atoms with E-state index in [0.29, 0.717) is 18.8 Å². The van der Waals surface area contributed by atoms with Crippen molar-refractivity contribution >= 4 is 6.09 Å². The van der Waals surface area contributed by atoms with Crippen LogP contribution in [0.4, 0.5) is 4.79 Å². The van der Waals surface area contributed by atoms with E-state index in [1.54, 1.807) is 11.0 Å². The maximum absolute atomic E-state index is 12.2. The van der Waals surface area contributed by atoms with Crippen LogP contribution < -0.4 is 0 Å². The molecule has 1 amide bonds. The number of hydrogen-bond acceptors (Lipinski definition) is 3. The molecule has 1 saturated heterocycles. The maximum atomic E-state index is 12.2. The number of carbonyl (C=O) groups is 1. The standard InChI is InChI=1S/C14H23NO3/c1-5-8-15(13(16)18-14(2,3)4)10-6-7-11-12(9-10)17-11/h5,10-12H,1,6-9H2,2-4H3/t10?,11-,12+/m1/s1. The lowest BCUT2D eigenvalue weighted by atomic mass is 9.94. The van der Waals surface area contributed by atoms with E-state index in [2.05, 4.69) is 6.58 Å². The number of rotatable bonds is 3. The fourth-order valence-electron chi connectivity index (χ4n) is 2.50. The van der Waals surface area contributed by atoms with Gasteiger partial charge in [-0.05, 0) is 40.0 Å². The van der Waals surface area contributed by atoms with Crippen LogP contribution in [0.1, 0.15) is 40.0 Å². The lowest BCUT2D eigenvalue weighted by molar-refractivity contribution is 0.0159. The zero-order valence-electron chi connectivity index (χ0n) is 11.5. The Bertz CT molecular complexity index is 334. The lowest BCUT2D eigenvalue weighted by Crippen LogP contribution is -2.45. The highest BCUT2D eigenvalue weighted by molar-refractivity contribution is 5.68. The van der Waals surface area contributed by atoms with Gasteiger partial charge in [-0.15, -0.1) is 6.58 Å². The summed E-state index contributed by atoms with van der Waals surface area (Å²) in [5.41, 5.74) is -0.455. The molecule has 1 aliphatic heterocycles. The van der Waals surface area contributed by atoms with Gasteiger partial charge in [0, 0.05) is 12.6 Å². The van der Waals surface area contributed by atoms with E-state index in [9.17, 15) is 4.79 Å². The number of carbonyl (C=O) groups excluding carboxylic acids is 1. The van der Waals surface area contributed by atoms with Crippen LogP contribution in [0.3, 0.4) is 0 Å². The second-order valence-corrected chi connectivity index (χ2v) is 6.10. The van der Waals surface area contributed by atoms with Gasteiger partial charge < -0.3 is 14.4 Å². The molecule has 1 heterocycles. The van der Waals surface area contributed by atoms with Gasteiger partial charge in [-0.25, -0.2) is 4.79 Å². The maximum Gasteiger partial charge on any atom is 0.410 e. The molecule has 1 saturated carbocycles. The second kappa shape index (κ2) is 4.92. The van der Waals surface area contributed by atoms with Gasteiger partial charge in [0.1, 0.15) is 5.60 Å². The van der Waals surface area contributed by atoms with Gasteiger partial charge in [-0.2, -0.15) is 0 Å². The van der Waals surface area contributed by atoms with E-state index in [1.807, 2.05) is 20.8 Å². The third-order valence-corrected chi connectivity index (χ3v) is 3.37. The molecule has 0 N–H and O–H groups in total. The van der Waals surface area contributed by atoms with Crippen LogP contribution >= 0.6 is 0 Å². The summed E-state index contributed by atoms with van der Waals surface area (Å²) in [5.74, 6) is 0. The molecule has 1 unspecified atom stereocenters. The molecule has 0 aromatic carbocycles. The molecule has 2 fully saturated rings. The summed E-state index contributed by atoms with van der Waals surface area (Å²) < 4.78 is 11.0. The largest absolute Gasteiger partial charge is 0.444 e. The first-order chi connectivity index (χ1) is 8.40. The van der Waals surface area contributed by atoms with Crippen molar-refractivity contribution in [3.05, 3.63) is 12.7 Å². The Hall–Kier alpha value is -1.03. The van der Waals surface area contributed by atoms with Crippen LogP contribution in [0, 0.1) is 0 Å². The van der Waals surface area contributed by atoms with Crippen LogP contribution in [0.5, 0.6) is 0 Å². The minimum absolute atomic E-state index is 0.224. The molecule has 0 aromatic rings. The quantitative estimate of drug-likeness (QED) is 0.573. The SMILES string of the molecule is C=CCN(C(=O)OC(C)(C)C)C1CC[C@H]2O[C@H]2C1. The predicted molar refractivity (Wildman–Crippen MR) is 69.4 cm³/mol. The Kier molecular flexibility index (Phi) is 3.66. The average Bonchev–Trinajstić information content (AvgIpc) is 3.00. The van der Waals surface area contributed by atoms with Crippen LogP contribution in [0.25, 0.3) is 0 Å². The zero-order valence-corrected chi connectivity index (χ0v) is 11.5. The Morgan fingerprint density at radius 1 is 1.44 bits per heavy atom. The Labute approximate surface area is 109 Å². The van der Waals surface area contributed by atoms with Crippen molar-refractivity contribution < 1.29 is 14.3 Å². The highest BCUT2D eigenvalue weighted by atomic mass is 16.6. The normalized spacial score (nSPS) is 30.3. The number of nitrogens with zero attached hydrogens (tertiary/aromatic N) is 1. The number of ether oxygens (including phenoxy) is 2. The van der Waals surface area contributed by atoms with Gasteiger partial charge in [0.15, 0.2) is 0 Å². The minimum Gasteiger partial charge on any atom is -0.444 e. The summed E-state index contributed by atoms with van der Waals surface area (Å²) >= 11 is 0. The summed E-state index contributed by atoms with van der Waals surface area (Å²) in [6.07, 6.45) is 5.29.